The Labute approximate surface area is 105 Å². The average Bonchev–Trinajstić information content (AvgIpc) is 2.65. The molecule has 17 heavy (non-hydrogen) atoms. The van der Waals surface area contributed by atoms with Crippen molar-refractivity contribution in [3.8, 4) is 0 Å². The van der Waals surface area contributed by atoms with Crippen LogP contribution in [0.4, 0.5) is 0 Å². The highest BCUT2D eigenvalue weighted by Crippen LogP contribution is 2.20. The van der Waals surface area contributed by atoms with Gasteiger partial charge in [-0.3, -0.25) is 0 Å². The Bertz CT molecular complexity index is 342. The molecule has 0 bridgehead atoms. The van der Waals surface area contributed by atoms with E-state index < -0.39 is 0 Å². The molecule has 1 heterocycles. The zero-order chi connectivity index (χ0) is 12.9. The van der Waals surface area contributed by atoms with Gasteiger partial charge in [-0.05, 0) is 39.8 Å². The predicted octanol–water partition coefficient (Wildman–Crippen LogP) is 3.40. The Morgan fingerprint density at radius 3 is 2.65 bits per heavy atom. The van der Waals surface area contributed by atoms with Crippen LogP contribution in [0.2, 0.25) is 0 Å². The second kappa shape index (κ2) is 6.22. The molecule has 1 rings (SSSR count). The van der Waals surface area contributed by atoms with E-state index >= 15 is 0 Å². The molecule has 0 atom stereocenters. The van der Waals surface area contributed by atoms with E-state index in [1.165, 1.54) is 5.56 Å². The van der Waals surface area contributed by atoms with Gasteiger partial charge in [0.2, 0.25) is 0 Å². The molecule has 0 spiro atoms. The maximum Gasteiger partial charge on any atom is 0.130 e. The fraction of sp³-hybridized carbons (Fsp3) is 0.714. The first-order valence-electron chi connectivity index (χ1n) is 6.41. The molecule has 0 unspecified atom stereocenters. The van der Waals surface area contributed by atoms with E-state index in [9.17, 15) is 0 Å². The SMILES string of the molecule is CCNCc1cc(COC(C)(C)CC)oc1C. The van der Waals surface area contributed by atoms with E-state index in [-0.39, 0.29) is 5.60 Å². The van der Waals surface area contributed by atoms with E-state index in [2.05, 4.69) is 39.1 Å². The molecule has 3 heteroatoms. The summed E-state index contributed by atoms with van der Waals surface area (Å²) in [5, 5.41) is 3.30. The fourth-order valence-corrected chi connectivity index (χ4v) is 1.46. The molecule has 0 saturated carbocycles. The molecule has 1 aromatic heterocycles. The van der Waals surface area contributed by atoms with Crippen molar-refractivity contribution in [1.82, 2.24) is 5.32 Å². The van der Waals surface area contributed by atoms with Crippen LogP contribution in [0.1, 0.15) is 51.2 Å². The lowest BCUT2D eigenvalue weighted by Gasteiger charge is -2.22. The maximum absolute atomic E-state index is 5.82. The molecular weight excluding hydrogens is 214 g/mol. The van der Waals surface area contributed by atoms with Crippen molar-refractivity contribution in [3.63, 3.8) is 0 Å². The molecule has 0 aliphatic rings. The molecule has 0 aliphatic heterocycles. The van der Waals surface area contributed by atoms with Crippen molar-refractivity contribution in [2.45, 2.75) is 59.8 Å². The molecule has 0 aromatic carbocycles. The summed E-state index contributed by atoms with van der Waals surface area (Å²) in [6.45, 7) is 12.8. The minimum atomic E-state index is -0.0808. The number of hydrogen-bond donors (Lipinski definition) is 1. The number of rotatable bonds is 7. The van der Waals surface area contributed by atoms with Crippen LogP contribution in [0.15, 0.2) is 10.5 Å². The van der Waals surface area contributed by atoms with Gasteiger partial charge in [-0.25, -0.2) is 0 Å². The van der Waals surface area contributed by atoms with Gasteiger partial charge in [0.15, 0.2) is 0 Å². The zero-order valence-electron chi connectivity index (χ0n) is 11.7. The summed E-state index contributed by atoms with van der Waals surface area (Å²) in [7, 11) is 0. The minimum absolute atomic E-state index is 0.0808. The van der Waals surface area contributed by atoms with Crippen molar-refractivity contribution in [1.29, 1.82) is 0 Å². The van der Waals surface area contributed by atoms with Gasteiger partial charge >= 0.3 is 0 Å². The van der Waals surface area contributed by atoms with Gasteiger partial charge in [0.1, 0.15) is 18.1 Å². The predicted molar refractivity (Wildman–Crippen MR) is 70.0 cm³/mol. The maximum atomic E-state index is 5.82. The van der Waals surface area contributed by atoms with Gasteiger partial charge < -0.3 is 14.5 Å². The summed E-state index contributed by atoms with van der Waals surface area (Å²) < 4.78 is 11.5. The van der Waals surface area contributed by atoms with Crippen LogP contribution in [-0.2, 0) is 17.9 Å². The first-order chi connectivity index (χ1) is 7.98. The largest absolute Gasteiger partial charge is 0.464 e. The number of furan rings is 1. The lowest BCUT2D eigenvalue weighted by atomic mass is 10.1. The van der Waals surface area contributed by atoms with Crippen LogP contribution in [0.25, 0.3) is 0 Å². The Balaban J connectivity index is 2.55. The Kier molecular flexibility index (Phi) is 5.22. The molecule has 0 aliphatic carbocycles. The smallest absolute Gasteiger partial charge is 0.130 e. The number of aryl methyl sites for hydroxylation is 1. The molecule has 0 amide bonds. The molecule has 1 aromatic rings. The normalized spacial score (nSPS) is 12.1. The number of nitrogens with one attached hydrogen (secondary N) is 1. The third-order valence-electron chi connectivity index (χ3n) is 3.09. The van der Waals surface area contributed by atoms with Crippen molar-refractivity contribution < 1.29 is 9.15 Å². The van der Waals surface area contributed by atoms with Gasteiger partial charge in [0.05, 0.1) is 5.60 Å². The molecule has 0 radical (unpaired) electrons. The second-order valence-electron chi connectivity index (χ2n) is 4.98. The van der Waals surface area contributed by atoms with Crippen LogP contribution in [-0.4, -0.2) is 12.1 Å². The summed E-state index contributed by atoms with van der Waals surface area (Å²) in [5.41, 5.74) is 1.14. The zero-order valence-corrected chi connectivity index (χ0v) is 11.7. The van der Waals surface area contributed by atoms with E-state index in [4.69, 9.17) is 9.15 Å². The molecule has 1 N–H and O–H groups in total. The van der Waals surface area contributed by atoms with Crippen molar-refractivity contribution in [3.05, 3.63) is 23.2 Å². The van der Waals surface area contributed by atoms with E-state index in [1.807, 2.05) is 6.92 Å². The monoisotopic (exact) mass is 239 g/mol. The minimum Gasteiger partial charge on any atom is -0.464 e. The van der Waals surface area contributed by atoms with E-state index in [0.29, 0.717) is 6.61 Å². The van der Waals surface area contributed by atoms with Crippen molar-refractivity contribution in [2.24, 2.45) is 0 Å². The lowest BCUT2D eigenvalue weighted by Crippen LogP contribution is -2.22. The first-order valence-corrected chi connectivity index (χ1v) is 6.41. The molecule has 3 nitrogen and oxygen atoms in total. The van der Waals surface area contributed by atoms with Crippen molar-refractivity contribution in [2.75, 3.05) is 6.54 Å². The Morgan fingerprint density at radius 1 is 1.35 bits per heavy atom. The standard InChI is InChI=1S/C14H25NO2/c1-6-14(4,5)16-10-13-8-12(9-15-7-2)11(3)17-13/h8,15H,6-7,9-10H2,1-5H3. The molecule has 0 saturated heterocycles. The van der Waals surface area contributed by atoms with E-state index in [0.717, 1.165) is 31.0 Å². The summed E-state index contributed by atoms with van der Waals surface area (Å²) in [6, 6.07) is 2.09. The first kappa shape index (κ1) is 14.3. The quantitative estimate of drug-likeness (QED) is 0.792. The topological polar surface area (TPSA) is 34.4 Å². The van der Waals surface area contributed by atoms with Crippen LogP contribution in [0.5, 0.6) is 0 Å². The van der Waals surface area contributed by atoms with Gasteiger partial charge in [0.25, 0.3) is 0 Å². The van der Waals surface area contributed by atoms with Crippen molar-refractivity contribution >= 4 is 0 Å². The molecule has 98 valence electrons. The highest BCUT2D eigenvalue weighted by molar-refractivity contribution is 5.20. The fourth-order valence-electron chi connectivity index (χ4n) is 1.46. The summed E-state index contributed by atoms with van der Waals surface area (Å²) in [4.78, 5) is 0. The lowest BCUT2D eigenvalue weighted by molar-refractivity contribution is -0.0385. The Hall–Kier alpha value is -0.800. The number of ether oxygens (including phenoxy) is 1. The van der Waals surface area contributed by atoms with E-state index in [1.54, 1.807) is 0 Å². The van der Waals surface area contributed by atoms with Gasteiger partial charge in [-0.15, -0.1) is 0 Å². The van der Waals surface area contributed by atoms with Crippen LogP contribution >= 0.6 is 0 Å². The van der Waals surface area contributed by atoms with Crippen LogP contribution in [0, 0.1) is 6.92 Å². The van der Waals surface area contributed by atoms with Crippen LogP contribution < -0.4 is 5.32 Å². The second-order valence-corrected chi connectivity index (χ2v) is 4.98. The molecule has 0 fully saturated rings. The van der Waals surface area contributed by atoms with Crippen LogP contribution in [0.3, 0.4) is 0 Å². The third-order valence-corrected chi connectivity index (χ3v) is 3.09. The average molecular weight is 239 g/mol. The van der Waals surface area contributed by atoms with Gasteiger partial charge in [-0.1, -0.05) is 13.8 Å². The molecular formula is C14H25NO2. The number of hydrogen-bond acceptors (Lipinski definition) is 3. The highest BCUT2D eigenvalue weighted by atomic mass is 16.5. The summed E-state index contributed by atoms with van der Waals surface area (Å²) >= 11 is 0. The highest BCUT2D eigenvalue weighted by Gasteiger charge is 2.16. The van der Waals surface area contributed by atoms with Gasteiger partial charge in [0, 0.05) is 12.1 Å². The van der Waals surface area contributed by atoms with Gasteiger partial charge in [-0.2, -0.15) is 0 Å². The summed E-state index contributed by atoms with van der Waals surface area (Å²) in [5.74, 6) is 1.90. The Morgan fingerprint density at radius 2 is 2.06 bits per heavy atom. The summed E-state index contributed by atoms with van der Waals surface area (Å²) in [6.07, 6.45) is 0.997. The third kappa shape index (κ3) is 4.52.